The van der Waals surface area contributed by atoms with E-state index in [1.54, 1.807) is 11.3 Å². The van der Waals surface area contributed by atoms with Gasteiger partial charge in [0.15, 0.2) is 4.96 Å². The Balaban J connectivity index is 1.15. The maximum Gasteiger partial charge on any atom is 0.246 e. The number of amides is 1. The van der Waals surface area contributed by atoms with E-state index < -0.39 is 0 Å². The lowest BCUT2D eigenvalue weighted by atomic mass is 10.2. The summed E-state index contributed by atoms with van der Waals surface area (Å²) in [6, 6.07) is 9.60. The van der Waals surface area contributed by atoms with Crippen molar-refractivity contribution in [3.63, 3.8) is 0 Å². The summed E-state index contributed by atoms with van der Waals surface area (Å²) in [7, 11) is 0. The van der Waals surface area contributed by atoms with Crippen molar-refractivity contribution < 1.29 is 9.32 Å². The van der Waals surface area contributed by atoms with Crippen molar-refractivity contribution in [3.05, 3.63) is 59.2 Å². The summed E-state index contributed by atoms with van der Waals surface area (Å²) in [6.07, 6.45) is 5.68. The van der Waals surface area contributed by atoms with Gasteiger partial charge in [0.2, 0.25) is 17.6 Å². The summed E-state index contributed by atoms with van der Waals surface area (Å²) < 4.78 is 7.34. The Kier molecular flexibility index (Phi) is 4.40. The number of thiazole rings is 1. The first kappa shape index (κ1) is 17.1. The monoisotopic (exact) mass is 393 g/mol. The molecule has 1 aromatic carbocycles. The molecule has 4 aromatic rings. The smallest absolute Gasteiger partial charge is 0.246 e. The molecule has 1 amide bonds. The lowest BCUT2D eigenvalue weighted by molar-refractivity contribution is -0.121. The molecule has 0 saturated heterocycles. The second-order valence-electron chi connectivity index (χ2n) is 6.97. The highest BCUT2D eigenvalue weighted by Gasteiger charge is 2.26. The molecule has 3 aromatic heterocycles. The van der Waals surface area contributed by atoms with Crippen LogP contribution in [0.5, 0.6) is 0 Å². The van der Waals surface area contributed by atoms with Crippen LogP contribution in [0.2, 0.25) is 0 Å². The molecule has 0 spiro atoms. The fourth-order valence-corrected chi connectivity index (χ4v) is 4.05. The van der Waals surface area contributed by atoms with Crippen molar-refractivity contribution in [2.24, 2.45) is 0 Å². The molecule has 0 unspecified atom stereocenters. The number of benzene rings is 1. The van der Waals surface area contributed by atoms with Gasteiger partial charge in [-0.15, -0.1) is 11.3 Å². The van der Waals surface area contributed by atoms with E-state index >= 15 is 0 Å². The fraction of sp³-hybridized carbons (Fsp3) is 0.300. The van der Waals surface area contributed by atoms with E-state index in [2.05, 4.69) is 36.4 Å². The lowest BCUT2D eigenvalue weighted by Gasteiger charge is -2.02. The van der Waals surface area contributed by atoms with Gasteiger partial charge in [0.25, 0.3) is 0 Å². The molecule has 28 heavy (non-hydrogen) atoms. The third-order valence-corrected chi connectivity index (χ3v) is 5.73. The SMILES string of the molecule is O=C(CCc1csc2nc(C3CC3)cn12)NCc1nc(-c2ccccc2)no1. The van der Waals surface area contributed by atoms with Crippen molar-refractivity contribution in [3.8, 4) is 11.4 Å². The van der Waals surface area contributed by atoms with Crippen LogP contribution in [0.3, 0.4) is 0 Å². The van der Waals surface area contributed by atoms with Gasteiger partial charge in [0.05, 0.1) is 12.2 Å². The van der Waals surface area contributed by atoms with Crippen LogP contribution in [0.15, 0.2) is 46.4 Å². The van der Waals surface area contributed by atoms with E-state index in [0.717, 1.165) is 16.2 Å². The van der Waals surface area contributed by atoms with Gasteiger partial charge in [0.1, 0.15) is 0 Å². The Bertz CT molecular complexity index is 1110. The van der Waals surface area contributed by atoms with Gasteiger partial charge in [0, 0.05) is 35.2 Å². The second-order valence-corrected chi connectivity index (χ2v) is 7.81. The zero-order valence-corrected chi connectivity index (χ0v) is 16.0. The first-order chi connectivity index (χ1) is 13.8. The highest BCUT2D eigenvalue weighted by atomic mass is 32.1. The molecule has 1 fully saturated rings. The Morgan fingerprint density at radius 1 is 1.25 bits per heavy atom. The zero-order chi connectivity index (χ0) is 18.9. The minimum absolute atomic E-state index is 0.0404. The number of rotatable bonds is 7. The fourth-order valence-electron chi connectivity index (χ4n) is 3.14. The van der Waals surface area contributed by atoms with Crippen molar-refractivity contribution in [2.45, 2.75) is 38.1 Å². The van der Waals surface area contributed by atoms with E-state index in [1.165, 1.54) is 18.5 Å². The van der Waals surface area contributed by atoms with E-state index in [0.29, 0.717) is 30.5 Å². The Hall–Kier alpha value is -3.00. The van der Waals surface area contributed by atoms with Crippen LogP contribution in [0.4, 0.5) is 0 Å². The normalized spacial score (nSPS) is 13.9. The third-order valence-electron chi connectivity index (χ3n) is 4.84. The molecule has 0 bridgehead atoms. The molecule has 0 aliphatic heterocycles. The molecule has 0 atom stereocenters. The van der Waals surface area contributed by atoms with E-state index in [1.807, 2.05) is 30.3 Å². The number of carbonyl (C=O) groups is 1. The molecule has 0 radical (unpaired) electrons. The van der Waals surface area contributed by atoms with Crippen LogP contribution in [0.25, 0.3) is 16.3 Å². The average Bonchev–Trinajstić information content (AvgIpc) is 3.14. The molecule has 7 nitrogen and oxygen atoms in total. The lowest BCUT2D eigenvalue weighted by Crippen LogP contribution is -2.23. The van der Waals surface area contributed by atoms with E-state index in [-0.39, 0.29) is 12.5 Å². The quantitative estimate of drug-likeness (QED) is 0.519. The van der Waals surface area contributed by atoms with Gasteiger partial charge in [-0.3, -0.25) is 9.20 Å². The molecular weight excluding hydrogens is 374 g/mol. The number of hydrogen-bond donors (Lipinski definition) is 1. The number of imidazole rings is 1. The van der Waals surface area contributed by atoms with Crippen LogP contribution in [-0.4, -0.2) is 25.4 Å². The summed E-state index contributed by atoms with van der Waals surface area (Å²) in [4.78, 5) is 22.2. The Morgan fingerprint density at radius 2 is 2.11 bits per heavy atom. The van der Waals surface area contributed by atoms with Crippen molar-refractivity contribution in [2.75, 3.05) is 0 Å². The third kappa shape index (κ3) is 3.55. The van der Waals surface area contributed by atoms with Gasteiger partial charge >= 0.3 is 0 Å². The Morgan fingerprint density at radius 3 is 2.93 bits per heavy atom. The van der Waals surface area contributed by atoms with Gasteiger partial charge in [-0.25, -0.2) is 4.98 Å². The molecule has 3 heterocycles. The molecule has 142 valence electrons. The standard InChI is InChI=1S/C20H19N5O2S/c26-17(21-10-18-23-19(24-27-18)14-4-2-1-3-5-14)9-8-15-12-28-20-22-16(11-25(15)20)13-6-7-13/h1-5,11-13H,6-10H2,(H,21,26). The highest BCUT2D eigenvalue weighted by molar-refractivity contribution is 7.15. The Labute approximate surface area is 165 Å². The second kappa shape index (κ2) is 7.20. The number of aryl methyl sites for hydroxylation is 1. The van der Waals surface area contributed by atoms with Crippen molar-refractivity contribution in [1.29, 1.82) is 0 Å². The van der Waals surface area contributed by atoms with Gasteiger partial charge < -0.3 is 9.84 Å². The maximum absolute atomic E-state index is 12.2. The van der Waals surface area contributed by atoms with Gasteiger partial charge in [-0.05, 0) is 19.3 Å². The van der Waals surface area contributed by atoms with Gasteiger partial charge in [-0.2, -0.15) is 4.98 Å². The van der Waals surface area contributed by atoms with E-state index in [4.69, 9.17) is 4.52 Å². The number of nitrogens with zero attached hydrogens (tertiary/aromatic N) is 4. The van der Waals surface area contributed by atoms with E-state index in [9.17, 15) is 4.79 Å². The predicted octanol–water partition coefficient (Wildman–Crippen LogP) is 3.57. The molecule has 5 rings (SSSR count). The van der Waals surface area contributed by atoms with Gasteiger partial charge in [-0.1, -0.05) is 35.5 Å². The van der Waals surface area contributed by atoms with Crippen molar-refractivity contribution in [1.82, 2.24) is 24.8 Å². The topological polar surface area (TPSA) is 85.3 Å². The highest BCUT2D eigenvalue weighted by Crippen LogP contribution is 2.40. The molecule has 1 aliphatic carbocycles. The summed E-state index contributed by atoms with van der Waals surface area (Å²) in [5.41, 5.74) is 3.19. The zero-order valence-electron chi connectivity index (χ0n) is 15.2. The average molecular weight is 393 g/mol. The molecule has 8 heteroatoms. The largest absolute Gasteiger partial charge is 0.347 e. The summed E-state index contributed by atoms with van der Waals surface area (Å²) in [5.74, 6) is 1.52. The summed E-state index contributed by atoms with van der Waals surface area (Å²) in [5, 5.41) is 8.89. The molecule has 1 N–H and O–H groups in total. The van der Waals surface area contributed by atoms with Crippen molar-refractivity contribution >= 4 is 22.2 Å². The number of fused-ring (bicyclic) bond motifs is 1. The first-order valence-electron chi connectivity index (χ1n) is 9.36. The van der Waals surface area contributed by atoms with Crippen LogP contribution in [0, 0.1) is 0 Å². The van der Waals surface area contributed by atoms with Crippen LogP contribution in [-0.2, 0) is 17.8 Å². The number of aromatic nitrogens is 4. The summed E-state index contributed by atoms with van der Waals surface area (Å²) in [6.45, 7) is 0.231. The molecule has 1 aliphatic rings. The van der Waals surface area contributed by atoms with Crippen LogP contribution in [0.1, 0.15) is 42.5 Å². The van der Waals surface area contributed by atoms with Crippen LogP contribution >= 0.6 is 11.3 Å². The summed E-state index contributed by atoms with van der Waals surface area (Å²) >= 11 is 1.63. The number of hydrogen-bond acceptors (Lipinski definition) is 6. The number of carbonyl (C=O) groups excluding carboxylic acids is 1. The maximum atomic E-state index is 12.2. The molecule has 1 saturated carbocycles. The molecular formula is C20H19N5O2S. The minimum Gasteiger partial charge on any atom is -0.347 e. The number of nitrogens with one attached hydrogen (secondary N) is 1. The minimum atomic E-state index is -0.0404. The first-order valence-corrected chi connectivity index (χ1v) is 10.2. The predicted molar refractivity (Wildman–Crippen MR) is 105 cm³/mol. The van der Waals surface area contributed by atoms with Crippen LogP contribution < -0.4 is 5.32 Å².